The van der Waals surface area contributed by atoms with Gasteiger partial charge in [-0.25, -0.2) is 0 Å². The molecule has 2 aromatic heterocycles. The first-order valence-corrected chi connectivity index (χ1v) is 6.54. The summed E-state index contributed by atoms with van der Waals surface area (Å²) in [6.07, 6.45) is 4.45. The molecule has 96 valence electrons. The van der Waals surface area contributed by atoms with Crippen LogP contribution in [-0.2, 0) is 6.54 Å². The minimum atomic E-state index is 0.746. The second-order valence-electron chi connectivity index (χ2n) is 5.27. The first-order chi connectivity index (χ1) is 8.72. The van der Waals surface area contributed by atoms with Crippen molar-refractivity contribution >= 4 is 11.3 Å². The predicted octanol–water partition coefficient (Wildman–Crippen LogP) is 1.54. The number of hydrogen-bond donors (Lipinski definition) is 1. The van der Waals surface area contributed by atoms with E-state index in [0.29, 0.717) is 0 Å². The predicted molar refractivity (Wildman–Crippen MR) is 71.1 cm³/mol. The Kier molecular flexibility index (Phi) is 2.91. The lowest BCUT2D eigenvalue weighted by molar-refractivity contribution is 0.181. The molecule has 5 nitrogen and oxygen atoms in total. The number of likely N-dealkylation sites (tertiary alicyclic amines) is 1. The summed E-state index contributed by atoms with van der Waals surface area (Å²) < 4.78 is 1.99. The van der Waals surface area contributed by atoms with Crippen molar-refractivity contribution in [3.8, 4) is 0 Å². The van der Waals surface area contributed by atoms with Crippen LogP contribution in [0.3, 0.4) is 0 Å². The molecule has 18 heavy (non-hydrogen) atoms. The van der Waals surface area contributed by atoms with Crippen molar-refractivity contribution in [2.24, 2.45) is 5.92 Å². The Morgan fingerprint density at radius 1 is 1.28 bits per heavy atom. The third kappa shape index (κ3) is 2.18. The van der Waals surface area contributed by atoms with Crippen molar-refractivity contribution in [1.29, 1.82) is 0 Å². The number of anilines is 1. The third-order valence-corrected chi connectivity index (χ3v) is 3.74. The highest BCUT2D eigenvalue weighted by molar-refractivity contribution is 5.47. The smallest absolute Gasteiger partial charge is 0.160 e. The Balaban J connectivity index is 1.80. The highest BCUT2D eigenvalue weighted by Gasteiger charge is 2.17. The maximum atomic E-state index is 5.81. The molecule has 1 aliphatic heterocycles. The van der Waals surface area contributed by atoms with E-state index in [0.717, 1.165) is 42.7 Å². The van der Waals surface area contributed by atoms with Gasteiger partial charge in [0.05, 0.1) is 6.54 Å². The van der Waals surface area contributed by atoms with Gasteiger partial charge < -0.3 is 5.73 Å². The summed E-state index contributed by atoms with van der Waals surface area (Å²) in [4.78, 5) is 2.44. The van der Waals surface area contributed by atoms with E-state index in [1.807, 2.05) is 22.7 Å². The molecule has 0 aliphatic carbocycles. The Morgan fingerprint density at radius 2 is 2.06 bits per heavy atom. The molecule has 0 aromatic carbocycles. The minimum absolute atomic E-state index is 0.746. The van der Waals surface area contributed by atoms with Crippen molar-refractivity contribution in [3.63, 3.8) is 0 Å². The molecule has 2 N–H and O–H groups in total. The quantitative estimate of drug-likeness (QED) is 0.872. The molecule has 0 spiro atoms. The van der Waals surface area contributed by atoms with Crippen molar-refractivity contribution < 1.29 is 0 Å². The summed E-state index contributed by atoms with van der Waals surface area (Å²) in [5.74, 6) is 1.83. The van der Waals surface area contributed by atoms with E-state index < -0.39 is 0 Å². The van der Waals surface area contributed by atoms with E-state index in [-0.39, 0.29) is 0 Å². The molecule has 1 aliphatic rings. The highest BCUT2D eigenvalue weighted by atomic mass is 15.3. The topological polar surface area (TPSA) is 59.5 Å². The standard InChI is InChI=1S/C13H19N5/c1-10-4-6-17(7-5-10)9-13-16-15-12-3-2-11(14)8-18(12)13/h2-3,8,10H,4-7,9,14H2,1H3. The number of piperidine rings is 1. The fourth-order valence-corrected chi connectivity index (χ4v) is 2.48. The van der Waals surface area contributed by atoms with Crippen LogP contribution in [-0.4, -0.2) is 32.6 Å². The van der Waals surface area contributed by atoms with Gasteiger partial charge in [-0.05, 0) is 44.0 Å². The lowest BCUT2D eigenvalue weighted by Gasteiger charge is -2.29. The van der Waals surface area contributed by atoms with Crippen LogP contribution in [0.2, 0.25) is 0 Å². The fraction of sp³-hybridized carbons (Fsp3) is 0.538. The summed E-state index contributed by atoms with van der Waals surface area (Å²) in [5, 5.41) is 8.44. The maximum absolute atomic E-state index is 5.81. The minimum Gasteiger partial charge on any atom is -0.398 e. The zero-order valence-electron chi connectivity index (χ0n) is 10.7. The Morgan fingerprint density at radius 3 is 2.83 bits per heavy atom. The molecule has 1 fully saturated rings. The van der Waals surface area contributed by atoms with E-state index in [1.54, 1.807) is 0 Å². The van der Waals surface area contributed by atoms with Crippen molar-refractivity contribution in [3.05, 3.63) is 24.2 Å². The number of fused-ring (bicyclic) bond motifs is 1. The summed E-state index contributed by atoms with van der Waals surface area (Å²) in [5.41, 5.74) is 7.42. The van der Waals surface area contributed by atoms with E-state index in [2.05, 4.69) is 22.0 Å². The Labute approximate surface area is 107 Å². The monoisotopic (exact) mass is 245 g/mol. The second-order valence-corrected chi connectivity index (χ2v) is 5.27. The molecular weight excluding hydrogens is 226 g/mol. The first kappa shape index (κ1) is 11.5. The lowest BCUT2D eigenvalue weighted by Crippen LogP contribution is -2.33. The van der Waals surface area contributed by atoms with Gasteiger partial charge in [0.2, 0.25) is 0 Å². The largest absolute Gasteiger partial charge is 0.398 e. The van der Waals surface area contributed by atoms with Gasteiger partial charge in [0.15, 0.2) is 11.5 Å². The fourth-order valence-electron chi connectivity index (χ4n) is 2.48. The summed E-state index contributed by atoms with van der Waals surface area (Å²) >= 11 is 0. The van der Waals surface area contributed by atoms with Crippen molar-refractivity contribution in [2.75, 3.05) is 18.8 Å². The number of nitrogens with zero attached hydrogens (tertiary/aromatic N) is 4. The number of nitrogens with two attached hydrogens (primary N) is 1. The summed E-state index contributed by atoms with van der Waals surface area (Å²) in [6.45, 7) is 5.48. The van der Waals surface area contributed by atoms with Crippen LogP contribution >= 0.6 is 0 Å². The molecule has 5 heteroatoms. The van der Waals surface area contributed by atoms with Gasteiger partial charge in [-0.1, -0.05) is 6.92 Å². The zero-order chi connectivity index (χ0) is 12.5. The van der Waals surface area contributed by atoms with Gasteiger partial charge in [-0.3, -0.25) is 9.30 Å². The van der Waals surface area contributed by atoms with Gasteiger partial charge in [0.25, 0.3) is 0 Å². The molecule has 0 saturated carbocycles. The Bertz CT molecular complexity index is 539. The molecule has 0 radical (unpaired) electrons. The summed E-state index contributed by atoms with van der Waals surface area (Å²) in [7, 11) is 0. The van der Waals surface area contributed by atoms with Crippen molar-refractivity contribution in [1.82, 2.24) is 19.5 Å². The van der Waals surface area contributed by atoms with Crippen LogP contribution < -0.4 is 5.73 Å². The molecule has 0 amide bonds. The molecule has 3 rings (SSSR count). The number of aromatic nitrogens is 3. The average Bonchev–Trinajstić information content (AvgIpc) is 2.75. The summed E-state index contributed by atoms with van der Waals surface area (Å²) in [6, 6.07) is 3.76. The van der Waals surface area contributed by atoms with Gasteiger partial charge in [0, 0.05) is 11.9 Å². The number of rotatable bonds is 2. The van der Waals surface area contributed by atoms with Gasteiger partial charge >= 0.3 is 0 Å². The second kappa shape index (κ2) is 4.57. The van der Waals surface area contributed by atoms with E-state index in [1.165, 1.54) is 12.8 Å². The SMILES string of the molecule is CC1CCN(Cc2nnc3ccc(N)cn23)CC1. The lowest BCUT2D eigenvalue weighted by atomic mass is 9.99. The van der Waals surface area contributed by atoms with Crippen LogP contribution in [0.4, 0.5) is 5.69 Å². The molecule has 0 atom stereocenters. The third-order valence-electron chi connectivity index (χ3n) is 3.74. The van der Waals surface area contributed by atoms with Gasteiger partial charge in [-0.15, -0.1) is 10.2 Å². The van der Waals surface area contributed by atoms with Crippen molar-refractivity contribution in [2.45, 2.75) is 26.3 Å². The van der Waals surface area contributed by atoms with Crippen LogP contribution in [0.5, 0.6) is 0 Å². The normalized spacial score (nSPS) is 18.5. The van der Waals surface area contributed by atoms with Crippen LogP contribution in [0.15, 0.2) is 18.3 Å². The van der Waals surface area contributed by atoms with Gasteiger partial charge in [-0.2, -0.15) is 0 Å². The average molecular weight is 245 g/mol. The van der Waals surface area contributed by atoms with Crippen LogP contribution in [0, 0.1) is 5.92 Å². The van der Waals surface area contributed by atoms with Crippen LogP contribution in [0.25, 0.3) is 5.65 Å². The van der Waals surface area contributed by atoms with E-state index in [9.17, 15) is 0 Å². The highest BCUT2D eigenvalue weighted by Crippen LogP contribution is 2.18. The van der Waals surface area contributed by atoms with E-state index in [4.69, 9.17) is 5.73 Å². The van der Waals surface area contributed by atoms with Gasteiger partial charge in [0.1, 0.15) is 0 Å². The zero-order valence-corrected chi connectivity index (χ0v) is 10.7. The maximum Gasteiger partial charge on any atom is 0.160 e. The molecule has 0 bridgehead atoms. The molecular formula is C13H19N5. The Hall–Kier alpha value is -1.62. The number of hydrogen-bond acceptors (Lipinski definition) is 4. The molecule has 0 unspecified atom stereocenters. The van der Waals surface area contributed by atoms with Crippen LogP contribution in [0.1, 0.15) is 25.6 Å². The first-order valence-electron chi connectivity index (χ1n) is 6.54. The molecule has 3 heterocycles. The number of nitrogen functional groups attached to an aromatic ring is 1. The molecule has 1 saturated heterocycles. The number of pyridine rings is 1. The molecule has 2 aromatic rings. The van der Waals surface area contributed by atoms with E-state index >= 15 is 0 Å².